The number of piperidine rings is 1. The monoisotopic (exact) mass is 398 g/mol. The van der Waals surface area contributed by atoms with Gasteiger partial charge in [-0.25, -0.2) is 4.98 Å². The third-order valence-corrected chi connectivity index (χ3v) is 6.30. The van der Waals surface area contributed by atoms with E-state index in [1.807, 2.05) is 37.5 Å². The molecule has 1 aromatic heterocycles. The quantitative estimate of drug-likeness (QED) is 0.745. The normalized spacial score (nSPS) is 24.7. The maximum Gasteiger partial charge on any atom is 0.226 e. The van der Waals surface area contributed by atoms with Crippen molar-refractivity contribution in [1.29, 1.82) is 0 Å². The number of hydrogen-bond acceptors (Lipinski definition) is 6. The molecular weight excluding hydrogens is 364 g/mol. The first-order valence-electron chi connectivity index (χ1n) is 10.9. The van der Waals surface area contributed by atoms with Crippen LogP contribution in [0.5, 0.6) is 5.75 Å². The molecule has 1 aromatic carbocycles. The van der Waals surface area contributed by atoms with Gasteiger partial charge in [-0.3, -0.25) is 9.80 Å². The molecule has 0 amide bonds. The van der Waals surface area contributed by atoms with Gasteiger partial charge in [-0.15, -0.1) is 0 Å². The molecule has 0 saturated carbocycles. The number of oxazole rings is 1. The molecule has 0 spiro atoms. The van der Waals surface area contributed by atoms with Crippen LogP contribution >= 0.6 is 0 Å². The van der Waals surface area contributed by atoms with E-state index in [0.29, 0.717) is 18.4 Å². The third-order valence-electron chi connectivity index (χ3n) is 6.30. The van der Waals surface area contributed by atoms with Crippen LogP contribution in [0.15, 0.2) is 34.9 Å². The summed E-state index contributed by atoms with van der Waals surface area (Å²) in [6.07, 6.45) is 3.05. The smallest absolute Gasteiger partial charge is 0.226 e. The van der Waals surface area contributed by atoms with Gasteiger partial charge in [0, 0.05) is 57.4 Å². The molecule has 29 heavy (non-hydrogen) atoms. The molecule has 2 aliphatic heterocycles. The summed E-state index contributed by atoms with van der Waals surface area (Å²) in [5.74, 6) is 2.24. The summed E-state index contributed by atoms with van der Waals surface area (Å²) < 4.78 is 11.3. The number of rotatable bonds is 6. The molecule has 0 unspecified atom stereocenters. The van der Waals surface area contributed by atoms with Crippen molar-refractivity contribution < 1.29 is 9.15 Å². The van der Waals surface area contributed by atoms with Gasteiger partial charge in [0.05, 0.1) is 12.3 Å². The summed E-state index contributed by atoms with van der Waals surface area (Å²) >= 11 is 0. The van der Waals surface area contributed by atoms with E-state index in [0.717, 1.165) is 42.7 Å². The molecule has 0 aliphatic carbocycles. The van der Waals surface area contributed by atoms with E-state index in [1.165, 1.54) is 32.6 Å². The van der Waals surface area contributed by atoms with E-state index in [9.17, 15) is 0 Å². The van der Waals surface area contributed by atoms with Gasteiger partial charge in [-0.1, -0.05) is 6.92 Å². The van der Waals surface area contributed by atoms with Crippen LogP contribution in [-0.4, -0.2) is 78.6 Å². The van der Waals surface area contributed by atoms with Gasteiger partial charge in [0.25, 0.3) is 0 Å². The maximum atomic E-state index is 5.75. The Morgan fingerprint density at radius 1 is 1.10 bits per heavy atom. The fourth-order valence-electron chi connectivity index (χ4n) is 4.66. The predicted octanol–water partition coefficient (Wildman–Crippen LogP) is 3.20. The lowest BCUT2D eigenvalue weighted by Gasteiger charge is -2.45. The van der Waals surface area contributed by atoms with Crippen molar-refractivity contribution in [2.75, 3.05) is 52.9 Å². The first kappa shape index (κ1) is 20.4. The molecule has 0 bridgehead atoms. The highest BCUT2D eigenvalue weighted by Gasteiger charge is 2.32. The zero-order valence-corrected chi connectivity index (χ0v) is 18.0. The minimum absolute atomic E-state index is 0.673. The van der Waals surface area contributed by atoms with Crippen molar-refractivity contribution >= 4 is 0 Å². The SMILES string of the molecule is CCOc1ccc(-c2nc(CN3CC[C@H](N4CCN(C)CC4)[C@H](C)C3)co2)cc1. The summed E-state index contributed by atoms with van der Waals surface area (Å²) in [4.78, 5) is 12.4. The van der Waals surface area contributed by atoms with Crippen LogP contribution in [0.2, 0.25) is 0 Å². The van der Waals surface area contributed by atoms with Gasteiger partial charge in [-0.2, -0.15) is 0 Å². The van der Waals surface area contributed by atoms with E-state index >= 15 is 0 Å². The van der Waals surface area contributed by atoms with Crippen LogP contribution in [0.4, 0.5) is 0 Å². The lowest BCUT2D eigenvalue weighted by Crippen LogP contribution is -2.55. The number of ether oxygens (including phenoxy) is 1. The largest absolute Gasteiger partial charge is 0.494 e. The van der Waals surface area contributed by atoms with Gasteiger partial charge in [0.15, 0.2) is 0 Å². The average molecular weight is 399 g/mol. The van der Waals surface area contributed by atoms with Gasteiger partial charge in [0.1, 0.15) is 12.0 Å². The first-order valence-corrected chi connectivity index (χ1v) is 10.9. The molecule has 2 atom stereocenters. The molecule has 2 aliphatic rings. The number of likely N-dealkylation sites (tertiary alicyclic amines) is 1. The standard InChI is InChI=1S/C23H34N4O2/c1-4-28-21-7-5-19(6-8-21)23-24-20(17-29-23)16-26-10-9-22(18(2)15-26)27-13-11-25(3)12-14-27/h5-8,17-18,22H,4,9-16H2,1-3H3/t18-,22+/m1/s1. The fourth-order valence-corrected chi connectivity index (χ4v) is 4.66. The van der Waals surface area contributed by atoms with Crippen LogP contribution < -0.4 is 4.74 Å². The second-order valence-corrected chi connectivity index (χ2v) is 8.51. The van der Waals surface area contributed by atoms with E-state index in [1.54, 1.807) is 0 Å². The van der Waals surface area contributed by atoms with Crippen molar-refractivity contribution in [1.82, 2.24) is 19.7 Å². The van der Waals surface area contributed by atoms with E-state index in [-0.39, 0.29) is 0 Å². The maximum absolute atomic E-state index is 5.75. The molecular formula is C23H34N4O2. The molecule has 3 heterocycles. The topological polar surface area (TPSA) is 45.0 Å². The highest BCUT2D eigenvalue weighted by molar-refractivity contribution is 5.54. The molecule has 6 heteroatoms. The summed E-state index contributed by atoms with van der Waals surface area (Å²) in [6, 6.07) is 8.66. The van der Waals surface area contributed by atoms with Crippen LogP contribution in [-0.2, 0) is 6.54 Å². The first-order chi connectivity index (χ1) is 14.1. The summed E-state index contributed by atoms with van der Waals surface area (Å²) in [5, 5.41) is 0. The van der Waals surface area contributed by atoms with Gasteiger partial charge < -0.3 is 14.1 Å². The summed E-state index contributed by atoms with van der Waals surface area (Å²) in [5.41, 5.74) is 2.00. The number of piperazine rings is 1. The fraction of sp³-hybridized carbons (Fsp3) is 0.609. The zero-order chi connectivity index (χ0) is 20.2. The molecule has 2 saturated heterocycles. The number of hydrogen-bond donors (Lipinski definition) is 0. The Morgan fingerprint density at radius 3 is 2.55 bits per heavy atom. The van der Waals surface area contributed by atoms with Crippen molar-refractivity contribution in [2.24, 2.45) is 5.92 Å². The zero-order valence-electron chi connectivity index (χ0n) is 18.0. The predicted molar refractivity (Wildman–Crippen MR) is 115 cm³/mol. The van der Waals surface area contributed by atoms with Gasteiger partial charge in [-0.05, 0) is 50.6 Å². The van der Waals surface area contributed by atoms with Crippen molar-refractivity contribution in [3.05, 3.63) is 36.2 Å². The second-order valence-electron chi connectivity index (χ2n) is 8.51. The lowest BCUT2D eigenvalue weighted by molar-refractivity contribution is 0.0322. The number of nitrogens with zero attached hydrogens (tertiary/aromatic N) is 4. The van der Waals surface area contributed by atoms with Gasteiger partial charge >= 0.3 is 0 Å². The Labute approximate surface area is 174 Å². The Bertz CT molecular complexity index is 767. The third kappa shape index (κ3) is 5.00. The summed E-state index contributed by atoms with van der Waals surface area (Å²) in [7, 11) is 2.23. The molecule has 6 nitrogen and oxygen atoms in total. The Kier molecular flexibility index (Phi) is 6.53. The summed E-state index contributed by atoms with van der Waals surface area (Å²) in [6.45, 7) is 13.0. The van der Waals surface area contributed by atoms with Crippen LogP contribution in [0.25, 0.3) is 11.5 Å². The molecule has 158 valence electrons. The minimum Gasteiger partial charge on any atom is -0.494 e. The number of aromatic nitrogens is 1. The second kappa shape index (κ2) is 9.28. The number of likely N-dealkylation sites (N-methyl/N-ethyl adjacent to an activating group) is 1. The Balaban J connectivity index is 1.31. The Morgan fingerprint density at radius 2 is 1.86 bits per heavy atom. The average Bonchev–Trinajstić information content (AvgIpc) is 3.18. The van der Waals surface area contributed by atoms with E-state index in [4.69, 9.17) is 14.1 Å². The van der Waals surface area contributed by atoms with Crippen molar-refractivity contribution in [3.63, 3.8) is 0 Å². The van der Waals surface area contributed by atoms with Crippen LogP contribution in [0.1, 0.15) is 26.0 Å². The minimum atomic E-state index is 0.673. The molecule has 0 N–H and O–H groups in total. The highest BCUT2D eigenvalue weighted by Crippen LogP contribution is 2.26. The number of benzene rings is 1. The highest BCUT2D eigenvalue weighted by atomic mass is 16.5. The van der Waals surface area contributed by atoms with Crippen molar-refractivity contribution in [2.45, 2.75) is 32.9 Å². The molecule has 4 rings (SSSR count). The van der Waals surface area contributed by atoms with Crippen LogP contribution in [0, 0.1) is 5.92 Å². The molecule has 2 fully saturated rings. The lowest BCUT2D eigenvalue weighted by atomic mass is 9.91. The van der Waals surface area contributed by atoms with Crippen molar-refractivity contribution in [3.8, 4) is 17.2 Å². The molecule has 2 aromatic rings. The Hall–Kier alpha value is -1.89. The van der Waals surface area contributed by atoms with Crippen LogP contribution in [0.3, 0.4) is 0 Å². The van der Waals surface area contributed by atoms with Gasteiger partial charge in [0.2, 0.25) is 5.89 Å². The van der Waals surface area contributed by atoms with E-state index < -0.39 is 0 Å². The van der Waals surface area contributed by atoms with E-state index in [2.05, 4.69) is 28.7 Å². The molecule has 0 radical (unpaired) electrons.